The molecule has 18 heavy (non-hydrogen) atoms. The van der Waals surface area contributed by atoms with Crippen LogP contribution < -0.4 is 0 Å². The Labute approximate surface area is 115 Å². The van der Waals surface area contributed by atoms with Crippen molar-refractivity contribution in [1.29, 1.82) is 0 Å². The standard InChI is InChI=1S/C13H17BrO4/c1-8-7-9(13(17)18-2)3-4-10(8)12(16)11(15)5-6-14/h3-4,7,11-12,15-16H,5-6H2,1-2H3. The van der Waals surface area contributed by atoms with Crippen LogP contribution in [0.2, 0.25) is 0 Å². The number of alkyl halides is 1. The number of methoxy groups -OCH3 is 1. The summed E-state index contributed by atoms with van der Waals surface area (Å²) < 4.78 is 4.62. The van der Waals surface area contributed by atoms with Crippen LogP contribution in [0, 0.1) is 6.92 Å². The molecule has 0 aliphatic rings. The Morgan fingerprint density at radius 1 is 1.44 bits per heavy atom. The van der Waals surface area contributed by atoms with Crippen molar-refractivity contribution < 1.29 is 19.7 Å². The number of benzene rings is 1. The van der Waals surface area contributed by atoms with Crippen LogP contribution in [-0.4, -0.2) is 34.7 Å². The summed E-state index contributed by atoms with van der Waals surface area (Å²) in [6.07, 6.45) is -1.32. The van der Waals surface area contributed by atoms with Crippen LogP contribution in [0.3, 0.4) is 0 Å². The van der Waals surface area contributed by atoms with Gasteiger partial charge in [-0.1, -0.05) is 22.0 Å². The van der Waals surface area contributed by atoms with E-state index in [1.807, 2.05) is 0 Å². The summed E-state index contributed by atoms with van der Waals surface area (Å²) in [5.74, 6) is -0.417. The summed E-state index contributed by atoms with van der Waals surface area (Å²) in [6, 6.07) is 4.87. The number of esters is 1. The molecule has 0 aromatic heterocycles. The van der Waals surface area contributed by atoms with Crippen molar-refractivity contribution in [2.45, 2.75) is 25.6 Å². The molecule has 5 heteroatoms. The summed E-state index contributed by atoms with van der Waals surface area (Å²) in [5, 5.41) is 20.4. The monoisotopic (exact) mass is 316 g/mol. The molecule has 4 nitrogen and oxygen atoms in total. The molecule has 0 saturated heterocycles. The van der Waals surface area contributed by atoms with Crippen LogP contribution in [0.5, 0.6) is 0 Å². The largest absolute Gasteiger partial charge is 0.465 e. The fourth-order valence-corrected chi connectivity index (χ4v) is 2.20. The topological polar surface area (TPSA) is 66.8 Å². The molecule has 2 N–H and O–H groups in total. The van der Waals surface area contributed by atoms with Gasteiger partial charge in [0, 0.05) is 5.33 Å². The molecule has 1 rings (SSSR count). The zero-order valence-corrected chi connectivity index (χ0v) is 12.0. The lowest BCUT2D eigenvalue weighted by molar-refractivity contribution is 0.0170. The SMILES string of the molecule is COC(=O)c1ccc(C(O)C(O)CCBr)c(C)c1. The van der Waals surface area contributed by atoms with E-state index >= 15 is 0 Å². The quantitative estimate of drug-likeness (QED) is 0.643. The van der Waals surface area contributed by atoms with Crippen molar-refractivity contribution in [1.82, 2.24) is 0 Å². The fourth-order valence-electron chi connectivity index (χ4n) is 1.73. The lowest BCUT2D eigenvalue weighted by Gasteiger charge is -2.19. The normalized spacial score (nSPS) is 14.1. The van der Waals surface area contributed by atoms with Crippen LogP contribution in [-0.2, 0) is 4.74 Å². The average Bonchev–Trinajstić information content (AvgIpc) is 2.37. The molecule has 2 atom stereocenters. The Kier molecular flexibility index (Phi) is 5.78. The van der Waals surface area contributed by atoms with Gasteiger partial charge in [-0.05, 0) is 36.6 Å². The molecule has 0 heterocycles. The molecule has 0 saturated carbocycles. The second-order valence-electron chi connectivity index (χ2n) is 4.05. The van der Waals surface area contributed by atoms with Gasteiger partial charge in [-0.2, -0.15) is 0 Å². The van der Waals surface area contributed by atoms with Gasteiger partial charge in [0.2, 0.25) is 0 Å². The van der Waals surface area contributed by atoms with Gasteiger partial charge in [0.25, 0.3) is 0 Å². The Bertz CT molecular complexity index is 419. The number of carbonyl (C=O) groups is 1. The molecule has 1 aromatic carbocycles. The van der Waals surface area contributed by atoms with Crippen LogP contribution >= 0.6 is 15.9 Å². The number of ether oxygens (including phenoxy) is 1. The minimum atomic E-state index is -0.950. The number of rotatable bonds is 5. The first-order valence-electron chi connectivity index (χ1n) is 5.62. The molecule has 100 valence electrons. The van der Waals surface area contributed by atoms with Crippen LogP contribution in [0.1, 0.15) is 34.0 Å². The van der Waals surface area contributed by atoms with Gasteiger partial charge < -0.3 is 14.9 Å². The lowest BCUT2D eigenvalue weighted by Crippen LogP contribution is -2.19. The van der Waals surface area contributed by atoms with E-state index in [-0.39, 0.29) is 0 Å². The van der Waals surface area contributed by atoms with Crippen molar-refractivity contribution in [3.63, 3.8) is 0 Å². The molecule has 0 amide bonds. The molecule has 2 unspecified atom stereocenters. The third kappa shape index (κ3) is 3.54. The minimum Gasteiger partial charge on any atom is -0.465 e. The second kappa shape index (κ2) is 6.87. The molecule has 1 aromatic rings. The number of hydrogen-bond acceptors (Lipinski definition) is 4. The number of aryl methyl sites for hydroxylation is 1. The van der Waals surface area contributed by atoms with Gasteiger partial charge in [-0.25, -0.2) is 4.79 Å². The maximum Gasteiger partial charge on any atom is 0.337 e. The zero-order chi connectivity index (χ0) is 13.7. The van der Waals surface area contributed by atoms with Gasteiger partial charge in [-0.3, -0.25) is 0 Å². The first-order chi connectivity index (χ1) is 8.51. The predicted molar refractivity (Wildman–Crippen MR) is 71.9 cm³/mol. The van der Waals surface area contributed by atoms with Crippen molar-refractivity contribution in [2.24, 2.45) is 0 Å². The van der Waals surface area contributed by atoms with Crippen molar-refractivity contribution in [3.8, 4) is 0 Å². The molecular formula is C13H17BrO4. The molecule has 0 aliphatic carbocycles. The van der Waals surface area contributed by atoms with Crippen LogP contribution in [0.15, 0.2) is 18.2 Å². The van der Waals surface area contributed by atoms with Gasteiger partial charge in [0.05, 0.1) is 18.8 Å². The fraction of sp³-hybridized carbons (Fsp3) is 0.462. The first kappa shape index (κ1) is 15.1. The van der Waals surface area contributed by atoms with E-state index < -0.39 is 18.2 Å². The number of aliphatic hydroxyl groups is 2. The second-order valence-corrected chi connectivity index (χ2v) is 4.85. The highest BCUT2D eigenvalue weighted by Gasteiger charge is 2.20. The Hall–Kier alpha value is -0.910. The maximum atomic E-state index is 11.3. The van der Waals surface area contributed by atoms with Gasteiger partial charge in [0.1, 0.15) is 6.10 Å². The Balaban J connectivity index is 2.94. The number of carbonyl (C=O) groups excluding carboxylic acids is 1. The summed E-state index contributed by atoms with van der Waals surface area (Å²) in [4.78, 5) is 11.3. The van der Waals surface area contributed by atoms with Gasteiger partial charge >= 0.3 is 5.97 Å². The lowest BCUT2D eigenvalue weighted by atomic mass is 9.96. The molecule has 0 aliphatic heterocycles. The molecule has 0 spiro atoms. The third-order valence-electron chi connectivity index (χ3n) is 2.78. The van der Waals surface area contributed by atoms with E-state index in [4.69, 9.17) is 0 Å². The average molecular weight is 317 g/mol. The summed E-state index contributed by atoms with van der Waals surface area (Å²) in [6.45, 7) is 1.78. The smallest absolute Gasteiger partial charge is 0.337 e. The molecule has 0 radical (unpaired) electrons. The van der Waals surface area contributed by atoms with E-state index in [2.05, 4.69) is 20.7 Å². The van der Waals surface area contributed by atoms with E-state index in [9.17, 15) is 15.0 Å². The Morgan fingerprint density at radius 3 is 2.61 bits per heavy atom. The number of halogens is 1. The molecular weight excluding hydrogens is 300 g/mol. The zero-order valence-electron chi connectivity index (χ0n) is 10.4. The van der Waals surface area contributed by atoms with E-state index in [1.165, 1.54) is 7.11 Å². The van der Waals surface area contributed by atoms with Gasteiger partial charge in [0.15, 0.2) is 0 Å². The summed E-state index contributed by atoms with van der Waals surface area (Å²) in [5.41, 5.74) is 1.80. The number of hydrogen-bond donors (Lipinski definition) is 2. The molecule has 0 bridgehead atoms. The highest BCUT2D eigenvalue weighted by molar-refractivity contribution is 9.09. The van der Waals surface area contributed by atoms with Crippen LogP contribution in [0.25, 0.3) is 0 Å². The number of aliphatic hydroxyl groups excluding tert-OH is 2. The van der Waals surface area contributed by atoms with Crippen LogP contribution in [0.4, 0.5) is 0 Å². The van der Waals surface area contributed by atoms with Crippen molar-refractivity contribution in [2.75, 3.05) is 12.4 Å². The highest BCUT2D eigenvalue weighted by Crippen LogP contribution is 2.24. The van der Waals surface area contributed by atoms with E-state index in [0.717, 1.165) is 5.56 Å². The van der Waals surface area contributed by atoms with E-state index in [0.29, 0.717) is 22.9 Å². The van der Waals surface area contributed by atoms with Gasteiger partial charge in [-0.15, -0.1) is 0 Å². The van der Waals surface area contributed by atoms with Crippen molar-refractivity contribution in [3.05, 3.63) is 34.9 Å². The third-order valence-corrected chi connectivity index (χ3v) is 3.24. The molecule has 0 fully saturated rings. The highest BCUT2D eigenvalue weighted by atomic mass is 79.9. The van der Waals surface area contributed by atoms with Crippen molar-refractivity contribution >= 4 is 21.9 Å². The Morgan fingerprint density at radius 2 is 2.11 bits per heavy atom. The summed E-state index contributed by atoms with van der Waals surface area (Å²) in [7, 11) is 1.32. The minimum absolute atomic E-state index is 0.417. The predicted octanol–water partition coefficient (Wildman–Crippen LogP) is 1.96. The summed E-state index contributed by atoms with van der Waals surface area (Å²) >= 11 is 3.22. The first-order valence-corrected chi connectivity index (χ1v) is 6.74. The van der Waals surface area contributed by atoms with E-state index in [1.54, 1.807) is 25.1 Å². The maximum absolute atomic E-state index is 11.3.